The average Bonchev–Trinajstić information content (AvgIpc) is 2.67. The van der Waals surface area contributed by atoms with E-state index in [2.05, 4.69) is 25.6 Å². The zero-order valence-electron chi connectivity index (χ0n) is 8.23. The van der Waals surface area contributed by atoms with Crippen molar-refractivity contribution in [1.29, 1.82) is 0 Å². The number of nitrogens with zero attached hydrogens (tertiary/aromatic N) is 3. The number of nitrogens with one attached hydrogen (secondary N) is 2. The minimum atomic E-state index is -1.03. The zero-order chi connectivity index (χ0) is 10.7. The summed E-state index contributed by atoms with van der Waals surface area (Å²) in [6, 6.07) is 0. The van der Waals surface area contributed by atoms with Crippen molar-refractivity contribution in [2.45, 2.75) is 6.54 Å². The third-order valence-electron chi connectivity index (χ3n) is 2.41. The summed E-state index contributed by atoms with van der Waals surface area (Å²) in [4.78, 5) is 12.9. The summed E-state index contributed by atoms with van der Waals surface area (Å²) in [5, 5.41) is 21.9. The van der Waals surface area contributed by atoms with Crippen LogP contribution in [0.5, 0.6) is 0 Å². The summed E-state index contributed by atoms with van der Waals surface area (Å²) >= 11 is 0. The normalized spacial score (nSPS) is 17.9. The second kappa shape index (κ2) is 4.37. The fourth-order valence-electron chi connectivity index (χ4n) is 1.62. The van der Waals surface area contributed by atoms with Gasteiger partial charge in [-0.3, -0.25) is 4.90 Å². The fourth-order valence-corrected chi connectivity index (χ4v) is 1.62. The predicted octanol–water partition coefficient (Wildman–Crippen LogP) is -1.09. The van der Waals surface area contributed by atoms with E-state index < -0.39 is 5.97 Å². The Morgan fingerprint density at radius 1 is 1.40 bits per heavy atom. The highest BCUT2D eigenvalue weighted by molar-refractivity contribution is 5.86. The molecule has 0 bridgehead atoms. The molecule has 0 saturated carbocycles. The smallest absolute Gasteiger partial charge is 0.358 e. The fraction of sp³-hybridized carbons (Fsp3) is 0.625. The third-order valence-corrected chi connectivity index (χ3v) is 2.41. The minimum absolute atomic E-state index is 0.0218. The Morgan fingerprint density at radius 3 is 2.80 bits per heavy atom. The van der Waals surface area contributed by atoms with Crippen molar-refractivity contribution in [3.63, 3.8) is 0 Å². The first-order chi connectivity index (χ1) is 7.27. The highest BCUT2D eigenvalue weighted by Crippen LogP contribution is 2.06. The number of aromatic carboxylic acids is 1. The van der Waals surface area contributed by atoms with E-state index in [1.807, 2.05) is 0 Å². The number of hydrogen-bond acceptors (Lipinski definition) is 5. The van der Waals surface area contributed by atoms with Gasteiger partial charge in [0.15, 0.2) is 5.69 Å². The predicted molar refractivity (Wildman–Crippen MR) is 51.5 cm³/mol. The average molecular weight is 211 g/mol. The van der Waals surface area contributed by atoms with E-state index in [1.165, 1.54) is 0 Å². The van der Waals surface area contributed by atoms with E-state index in [4.69, 9.17) is 5.11 Å². The van der Waals surface area contributed by atoms with Gasteiger partial charge in [-0.25, -0.2) is 4.79 Å². The van der Waals surface area contributed by atoms with Gasteiger partial charge in [-0.2, -0.15) is 10.3 Å². The summed E-state index contributed by atoms with van der Waals surface area (Å²) in [6.07, 6.45) is 0. The third kappa shape index (κ3) is 2.31. The van der Waals surface area contributed by atoms with Crippen LogP contribution in [0.25, 0.3) is 0 Å². The second-order valence-corrected chi connectivity index (χ2v) is 3.45. The molecule has 0 unspecified atom stereocenters. The number of carboxylic acid groups (broad SMARTS) is 1. The number of carbonyl (C=O) groups is 1. The lowest BCUT2D eigenvalue weighted by atomic mass is 10.2. The Morgan fingerprint density at radius 2 is 2.13 bits per heavy atom. The molecule has 82 valence electrons. The Balaban J connectivity index is 2.03. The van der Waals surface area contributed by atoms with Crippen LogP contribution in [0.15, 0.2) is 0 Å². The van der Waals surface area contributed by atoms with Gasteiger partial charge in [0.05, 0.1) is 0 Å². The van der Waals surface area contributed by atoms with Crippen LogP contribution in [-0.2, 0) is 6.54 Å². The number of aromatic nitrogens is 3. The molecule has 1 saturated heterocycles. The Labute approximate surface area is 86.5 Å². The van der Waals surface area contributed by atoms with Gasteiger partial charge in [0.1, 0.15) is 5.69 Å². The highest BCUT2D eigenvalue weighted by atomic mass is 16.4. The van der Waals surface area contributed by atoms with E-state index in [-0.39, 0.29) is 5.69 Å². The van der Waals surface area contributed by atoms with E-state index >= 15 is 0 Å². The summed E-state index contributed by atoms with van der Waals surface area (Å²) in [5.41, 5.74) is 0.526. The molecule has 0 atom stereocenters. The minimum Gasteiger partial charge on any atom is -0.476 e. The molecule has 1 aliphatic rings. The van der Waals surface area contributed by atoms with Crippen LogP contribution >= 0.6 is 0 Å². The maximum Gasteiger partial charge on any atom is 0.358 e. The van der Waals surface area contributed by atoms with E-state index in [0.29, 0.717) is 12.2 Å². The van der Waals surface area contributed by atoms with Crippen LogP contribution in [0.1, 0.15) is 16.2 Å². The Bertz CT molecular complexity index is 345. The van der Waals surface area contributed by atoms with Crippen molar-refractivity contribution in [2.75, 3.05) is 26.2 Å². The summed E-state index contributed by atoms with van der Waals surface area (Å²) in [5.74, 6) is -1.03. The number of piperazine rings is 1. The molecular weight excluding hydrogens is 198 g/mol. The van der Waals surface area contributed by atoms with Crippen LogP contribution in [0.4, 0.5) is 0 Å². The lowest BCUT2D eigenvalue weighted by Crippen LogP contribution is -2.43. The van der Waals surface area contributed by atoms with Crippen molar-refractivity contribution in [3.05, 3.63) is 11.4 Å². The standard InChI is InChI=1S/C8H13N5O2/c14-8(15)7-6(10-12-11-7)5-13-3-1-9-2-4-13/h9H,1-5H2,(H,14,15)(H,10,11,12). The summed E-state index contributed by atoms with van der Waals surface area (Å²) < 4.78 is 0. The van der Waals surface area contributed by atoms with E-state index in [0.717, 1.165) is 26.2 Å². The molecule has 1 fully saturated rings. The zero-order valence-corrected chi connectivity index (χ0v) is 8.23. The van der Waals surface area contributed by atoms with Gasteiger partial charge in [0.25, 0.3) is 0 Å². The van der Waals surface area contributed by atoms with Crippen LogP contribution in [0.3, 0.4) is 0 Å². The molecule has 0 aromatic carbocycles. The maximum atomic E-state index is 10.8. The molecule has 1 aromatic rings. The first kappa shape index (κ1) is 10.1. The number of rotatable bonds is 3. The SMILES string of the molecule is O=C(O)c1n[nH]nc1CN1CCNCC1. The molecule has 15 heavy (non-hydrogen) atoms. The molecule has 2 rings (SSSR count). The Kier molecular flexibility index (Phi) is 2.93. The Hall–Kier alpha value is -1.47. The topological polar surface area (TPSA) is 94.1 Å². The van der Waals surface area contributed by atoms with Crippen molar-refractivity contribution < 1.29 is 9.90 Å². The largest absolute Gasteiger partial charge is 0.476 e. The van der Waals surface area contributed by atoms with Crippen LogP contribution < -0.4 is 5.32 Å². The summed E-state index contributed by atoms with van der Waals surface area (Å²) in [6.45, 7) is 4.22. The van der Waals surface area contributed by atoms with Gasteiger partial charge in [-0.05, 0) is 0 Å². The van der Waals surface area contributed by atoms with Crippen molar-refractivity contribution >= 4 is 5.97 Å². The van der Waals surface area contributed by atoms with Gasteiger partial charge in [-0.15, -0.1) is 5.10 Å². The molecule has 0 amide bonds. The van der Waals surface area contributed by atoms with E-state index in [1.54, 1.807) is 0 Å². The van der Waals surface area contributed by atoms with E-state index in [9.17, 15) is 4.79 Å². The molecule has 0 aliphatic carbocycles. The first-order valence-electron chi connectivity index (χ1n) is 4.83. The number of hydrogen-bond donors (Lipinski definition) is 3. The van der Waals surface area contributed by atoms with Crippen molar-refractivity contribution in [1.82, 2.24) is 25.6 Å². The lowest BCUT2D eigenvalue weighted by Gasteiger charge is -2.26. The second-order valence-electron chi connectivity index (χ2n) is 3.45. The van der Waals surface area contributed by atoms with Crippen molar-refractivity contribution in [3.8, 4) is 0 Å². The first-order valence-corrected chi connectivity index (χ1v) is 4.83. The molecular formula is C8H13N5O2. The van der Waals surface area contributed by atoms with Crippen molar-refractivity contribution in [2.24, 2.45) is 0 Å². The molecule has 7 heteroatoms. The monoisotopic (exact) mass is 211 g/mol. The molecule has 7 nitrogen and oxygen atoms in total. The van der Waals surface area contributed by atoms with Crippen LogP contribution in [0, 0.1) is 0 Å². The van der Waals surface area contributed by atoms with Crippen LogP contribution in [0.2, 0.25) is 0 Å². The van der Waals surface area contributed by atoms with Gasteiger partial charge >= 0.3 is 5.97 Å². The molecule has 1 aromatic heterocycles. The molecule has 1 aliphatic heterocycles. The highest BCUT2D eigenvalue weighted by Gasteiger charge is 2.18. The van der Waals surface area contributed by atoms with Crippen LogP contribution in [-0.4, -0.2) is 57.6 Å². The lowest BCUT2D eigenvalue weighted by molar-refractivity contribution is 0.0687. The van der Waals surface area contributed by atoms with Gasteiger partial charge < -0.3 is 10.4 Å². The maximum absolute atomic E-state index is 10.8. The summed E-state index contributed by atoms with van der Waals surface area (Å²) in [7, 11) is 0. The van der Waals surface area contributed by atoms with Gasteiger partial charge in [0, 0.05) is 32.7 Å². The number of carboxylic acids is 1. The molecule has 3 N–H and O–H groups in total. The van der Waals surface area contributed by atoms with Gasteiger partial charge in [0.2, 0.25) is 0 Å². The molecule has 0 radical (unpaired) electrons. The van der Waals surface area contributed by atoms with Gasteiger partial charge in [-0.1, -0.05) is 0 Å². The quantitative estimate of drug-likeness (QED) is 0.588. The number of aromatic amines is 1. The molecule has 0 spiro atoms. The molecule has 2 heterocycles. The number of H-pyrrole nitrogens is 1.